The third-order valence-electron chi connectivity index (χ3n) is 4.19. The average molecular weight is 385 g/mol. The molecule has 0 spiro atoms. The number of rotatable bonds is 10. The van der Waals surface area contributed by atoms with Crippen molar-refractivity contribution in [2.24, 2.45) is 0 Å². The molecule has 3 rings (SSSR count). The van der Waals surface area contributed by atoms with Crippen molar-refractivity contribution in [1.82, 2.24) is 25.1 Å². The van der Waals surface area contributed by atoms with Crippen molar-refractivity contribution >= 4 is 17.7 Å². The van der Waals surface area contributed by atoms with Crippen LogP contribution in [0.25, 0.3) is 0 Å². The smallest absolute Gasteiger partial charge is 0.296 e. The standard InChI is InChI=1S/C19H24N6OS/c1-14-17(22-13-21-14)12-27-11-10-20-19-23-18(26)16(24-25-19)9-5-8-15-6-3-2-4-7-15/h2-4,6-7,13H,5,8-12H2,1H3,(H,21,22)(H2,20,23,25,26). The zero-order valence-electron chi connectivity index (χ0n) is 15.4. The summed E-state index contributed by atoms with van der Waals surface area (Å²) in [5.74, 6) is 2.16. The Morgan fingerprint density at radius 2 is 2.00 bits per heavy atom. The zero-order valence-corrected chi connectivity index (χ0v) is 16.2. The fourth-order valence-electron chi connectivity index (χ4n) is 2.65. The van der Waals surface area contributed by atoms with E-state index in [1.165, 1.54) is 5.56 Å². The molecule has 0 radical (unpaired) electrons. The highest BCUT2D eigenvalue weighted by Gasteiger charge is 2.06. The van der Waals surface area contributed by atoms with Gasteiger partial charge in [-0.05, 0) is 31.7 Å². The number of nitrogens with zero attached hydrogens (tertiary/aromatic N) is 3. The molecule has 3 N–H and O–H groups in total. The molecule has 3 aromatic rings. The molecule has 0 aliphatic rings. The Balaban J connectivity index is 1.38. The lowest BCUT2D eigenvalue weighted by molar-refractivity contribution is 0.755. The summed E-state index contributed by atoms with van der Waals surface area (Å²) in [5, 5.41) is 10.1. The zero-order chi connectivity index (χ0) is 18.9. The van der Waals surface area contributed by atoms with Gasteiger partial charge in [0.05, 0.1) is 12.0 Å². The quantitative estimate of drug-likeness (QED) is 0.465. The topological polar surface area (TPSA) is 99.3 Å². The van der Waals surface area contributed by atoms with Crippen LogP contribution >= 0.6 is 11.8 Å². The predicted molar refractivity (Wildman–Crippen MR) is 109 cm³/mol. The highest BCUT2D eigenvalue weighted by molar-refractivity contribution is 7.98. The molecule has 0 saturated heterocycles. The van der Waals surface area contributed by atoms with Gasteiger partial charge in [0.1, 0.15) is 5.69 Å². The Bertz CT molecular complexity index is 892. The van der Waals surface area contributed by atoms with E-state index >= 15 is 0 Å². The molecule has 8 heteroatoms. The second-order valence-corrected chi connectivity index (χ2v) is 7.33. The molecule has 0 bridgehead atoms. The first kappa shape index (κ1) is 19.2. The van der Waals surface area contributed by atoms with Gasteiger partial charge in [-0.1, -0.05) is 30.3 Å². The number of aromatic amines is 2. The fraction of sp³-hybridized carbons (Fsp3) is 0.368. The van der Waals surface area contributed by atoms with Gasteiger partial charge in [0, 0.05) is 23.7 Å². The van der Waals surface area contributed by atoms with Crippen LogP contribution in [0.1, 0.15) is 29.1 Å². The Morgan fingerprint density at radius 1 is 1.15 bits per heavy atom. The van der Waals surface area contributed by atoms with Crippen molar-refractivity contribution in [3.05, 3.63) is 69.7 Å². The van der Waals surface area contributed by atoms with E-state index in [9.17, 15) is 4.79 Å². The molecule has 0 aliphatic heterocycles. The van der Waals surface area contributed by atoms with Gasteiger partial charge in [0.25, 0.3) is 5.56 Å². The number of imidazole rings is 1. The highest BCUT2D eigenvalue weighted by atomic mass is 32.2. The van der Waals surface area contributed by atoms with Gasteiger partial charge in [-0.3, -0.25) is 4.79 Å². The van der Waals surface area contributed by atoms with E-state index in [1.54, 1.807) is 18.1 Å². The monoisotopic (exact) mass is 384 g/mol. The number of nitrogens with one attached hydrogen (secondary N) is 3. The van der Waals surface area contributed by atoms with Crippen molar-refractivity contribution < 1.29 is 0 Å². The van der Waals surface area contributed by atoms with Gasteiger partial charge in [0.2, 0.25) is 5.95 Å². The lowest BCUT2D eigenvalue weighted by Crippen LogP contribution is -2.20. The van der Waals surface area contributed by atoms with Gasteiger partial charge >= 0.3 is 0 Å². The molecule has 27 heavy (non-hydrogen) atoms. The molecule has 2 heterocycles. The van der Waals surface area contributed by atoms with Gasteiger partial charge in [-0.2, -0.15) is 21.8 Å². The van der Waals surface area contributed by atoms with Crippen molar-refractivity contribution in [2.75, 3.05) is 17.6 Å². The first-order chi connectivity index (χ1) is 13.2. The summed E-state index contributed by atoms with van der Waals surface area (Å²) in [6, 6.07) is 10.2. The molecule has 2 aromatic heterocycles. The maximum Gasteiger partial charge on any atom is 0.296 e. The predicted octanol–water partition coefficient (Wildman–Crippen LogP) is 2.72. The summed E-state index contributed by atoms with van der Waals surface area (Å²) < 4.78 is 0. The van der Waals surface area contributed by atoms with Gasteiger partial charge in [0.15, 0.2) is 0 Å². The normalized spacial score (nSPS) is 10.9. The number of anilines is 1. The van der Waals surface area contributed by atoms with Crippen molar-refractivity contribution in [3.63, 3.8) is 0 Å². The SMILES string of the molecule is Cc1[nH]cnc1CSCCNc1nc(=O)c(CCCc2ccccc2)n[nH]1. The van der Waals surface area contributed by atoms with Crippen LogP contribution in [0.15, 0.2) is 41.5 Å². The lowest BCUT2D eigenvalue weighted by atomic mass is 10.1. The summed E-state index contributed by atoms with van der Waals surface area (Å²) >= 11 is 1.78. The van der Waals surface area contributed by atoms with Crippen molar-refractivity contribution in [3.8, 4) is 0 Å². The van der Waals surface area contributed by atoms with E-state index in [4.69, 9.17) is 0 Å². The molecule has 0 fully saturated rings. The minimum absolute atomic E-state index is 0.260. The molecule has 7 nitrogen and oxygen atoms in total. The molecular formula is C19H24N6OS. The van der Waals surface area contributed by atoms with Crippen LogP contribution in [0.3, 0.4) is 0 Å². The first-order valence-electron chi connectivity index (χ1n) is 9.02. The molecule has 0 saturated carbocycles. The van der Waals surface area contributed by atoms with E-state index < -0.39 is 0 Å². The second kappa shape index (κ2) is 9.91. The van der Waals surface area contributed by atoms with Crippen LogP contribution in [0.2, 0.25) is 0 Å². The number of aryl methyl sites for hydroxylation is 3. The van der Waals surface area contributed by atoms with Gasteiger partial charge in [-0.25, -0.2) is 10.1 Å². The molecule has 142 valence electrons. The largest absolute Gasteiger partial charge is 0.354 e. The van der Waals surface area contributed by atoms with Crippen LogP contribution in [0.4, 0.5) is 5.95 Å². The van der Waals surface area contributed by atoms with Crippen LogP contribution in [0.5, 0.6) is 0 Å². The Hall–Kier alpha value is -2.61. The molecule has 1 aromatic carbocycles. The summed E-state index contributed by atoms with van der Waals surface area (Å²) in [6.07, 6.45) is 4.13. The maximum atomic E-state index is 12.1. The van der Waals surface area contributed by atoms with Crippen LogP contribution < -0.4 is 10.9 Å². The van der Waals surface area contributed by atoms with Crippen LogP contribution in [0, 0.1) is 6.92 Å². The molecule has 0 unspecified atom stereocenters. The number of hydrogen-bond acceptors (Lipinski definition) is 6. The molecular weight excluding hydrogens is 360 g/mol. The first-order valence-corrected chi connectivity index (χ1v) is 10.2. The number of H-pyrrole nitrogens is 2. The molecule has 0 atom stereocenters. The number of hydrogen-bond donors (Lipinski definition) is 3. The fourth-order valence-corrected chi connectivity index (χ4v) is 3.52. The minimum atomic E-state index is -0.260. The molecule has 0 aliphatic carbocycles. The Morgan fingerprint density at radius 3 is 2.74 bits per heavy atom. The van der Waals surface area contributed by atoms with E-state index in [0.717, 1.165) is 35.7 Å². The summed E-state index contributed by atoms with van der Waals surface area (Å²) in [7, 11) is 0. The van der Waals surface area contributed by atoms with Gasteiger partial charge in [-0.15, -0.1) is 0 Å². The summed E-state index contributed by atoms with van der Waals surface area (Å²) in [6.45, 7) is 2.72. The van der Waals surface area contributed by atoms with Crippen molar-refractivity contribution in [2.45, 2.75) is 31.9 Å². The Labute approximate surface area is 162 Å². The van der Waals surface area contributed by atoms with Crippen LogP contribution in [-0.2, 0) is 18.6 Å². The third-order valence-corrected chi connectivity index (χ3v) is 5.16. The van der Waals surface area contributed by atoms with E-state index in [2.05, 4.69) is 42.6 Å². The maximum absolute atomic E-state index is 12.1. The van der Waals surface area contributed by atoms with Crippen LogP contribution in [-0.4, -0.2) is 37.4 Å². The van der Waals surface area contributed by atoms with Crippen molar-refractivity contribution in [1.29, 1.82) is 0 Å². The third kappa shape index (κ3) is 5.96. The summed E-state index contributed by atoms with van der Waals surface area (Å²) in [5.41, 5.74) is 3.67. The number of benzene rings is 1. The van der Waals surface area contributed by atoms with E-state index in [0.29, 0.717) is 24.6 Å². The van der Waals surface area contributed by atoms with Gasteiger partial charge < -0.3 is 10.3 Å². The number of thioether (sulfide) groups is 1. The molecule has 0 amide bonds. The lowest BCUT2D eigenvalue weighted by Gasteiger charge is -2.06. The summed E-state index contributed by atoms with van der Waals surface area (Å²) in [4.78, 5) is 23.5. The highest BCUT2D eigenvalue weighted by Crippen LogP contribution is 2.12. The number of aromatic nitrogens is 5. The average Bonchev–Trinajstić information content (AvgIpc) is 3.09. The van der Waals surface area contributed by atoms with E-state index in [-0.39, 0.29) is 5.56 Å². The Kier molecular flexibility index (Phi) is 7.04. The van der Waals surface area contributed by atoms with E-state index in [1.807, 2.05) is 25.1 Å². The minimum Gasteiger partial charge on any atom is -0.354 e. The second-order valence-electron chi connectivity index (χ2n) is 6.23.